The zero-order valence-corrected chi connectivity index (χ0v) is 10.7. The third kappa shape index (κ3) is 3.17. The summed E-state index contributed by atoms with van der Waals surface area (Å²) in [7, 11) is 0. The minimum atomic E-state index is -0.0779. The number of benzene rings is 1. The van der Waals surface area contributed by atoms with Gasteiger partial charge in [0.15, 0.2) is 0 Å². The molecule has 1 heterocycles. The molecule has 5 heteroatoms. The highest BCUT2D eigenvalue weighted by Crippen LogP contribution is 2.20. The molecule has 1 saturated heterocycles. The molecule has 0 radical (unpaired) electrons. The molecule has 2 amide bonds. The molecule has 0 bridgehead atoms. The van der Waals surface area contributed by atoms with Crippen molar-refractivity contribution in [3.8, 4) is 5.75 Å². The molecule has 0 aromatic heterocycles. The quantitative estimate of drug-likeness (QED) is 0.850. The van der Waals surface area contributed by atoms with Gasteiger partial charge in [0.05, 0.1) is 13.1 Å². The van der Waals surface area contributed by atoms with E-state index in [9.17, 15) is 4.79 Å². The van der Waals surface area contributed by atoms with Gasteiger partial charge >= 0.3 is 6.03 Å². The number of amides is 2. The van der Waals surface area contributed by atoms with Crippen LogP contribution in [0.2, 0.25) is 5.02 Å². The summed E-state index contributed by atoms with van der Waals surface area (Å²) in [6.45, 7) is 5.23. The Kier molecular flexibility index (Phi) is 4.10. The third-order valence-corrected chi connectivity index (χ3v) is 2.90. The second-order valence-corrected chi connectivity index (χ2v) is 4.51. The van der Waals surface area contributed by atoms with Crippen LogP contribution < -0.4 is 10.1 Å². The second-order valence-electron chi connectivity index (χ2n) is 4.07. The minimum absolute atomic E-state index is 0.0562. The Morgan fingerprint density at radius 2 is 2.17 bits per heavy atom. The maximum Gasteiger partial charge on any atom is 0.317 e. The summed E-state index contributed by atoms with van der Waals surface area (Å²) in [5.41, 5.74) is 0. The van der Waals surface area contributed by atoms with Crippen molar-refractivity contribution in [1.82, 2.24) is 10.2 Å². The van der Waals surface area contributed by atoms with E-state index in [0.29, 0.717) is 24.7 Å². The molecule has 1 aliphatic heterocycles. The van der Waals surface area contributed by atoms with Crippen LogP contribution in [0.25, 0.3) is 0 Å². The summed E-state index contributed by atoms with van der Waals surface area (Å²) in [6.07, 6.45) is 1.71. The SMILES string of the molecule is C=CCNC(=O)N1CC(Oc2ccc(Cl)cc2)C1. The van der Waals surface area contributed by atoms with Gasteiger partial charge in [0, 0.05) is 11.6 Å². The molecular weight excluding hydrogens is 252 g/mol. The van der Waals surface area contributed by atoms with Gasteiger partial charge in [0.1, 0.15) is 11.9 Å². The van der Waals surface area contributed by atoms with Crippen LogP contribution in [-0.4, -0.2) is 36.7 Å². The first kappa shape index (κ1) is 12.8. The van der Waals surface area contributed by atoms with Crippen molar-refractivity contribution in [3.63, 3.8) is 0 Å². The molecule has 1 N–H and O–H groups in total. The van der Waals surface area contributed by atoms with E-state index in [1.54, 1.807) is 23.1 Å². The zero-order valence-electron chi connectivity index (χ0n) is 9.93. The predicted molar refractivity (Wildman–Crippen MR) is 71.0 cm³/mol. The molecule has 96 valence electrons. The summed E-state index contributed by atoms with van der Waals surface area (Å²) < 4.78 is 5.69. The first-order chi connectivity index (χ1) is 8.69. The van der Waals surface area contributed by atoms with Crippen molar-refractivity contribution in [2.24, 2.45) is 0 Å². The molecule has 0 spiro atoms. The van der Waals surface area contributed by atoms with E-state index in [4.69, 9.17) is 16.3 Å². The van der Waals surface area contributed by atoms with Crippen molar-refractivity contribution < 1.29 is 9.53 Å². The predicted octanol–water partition coefficient (Wildman–Crippen LogP) is 2.30. The highest BCUT2D eigenvalue weighted by Gasteiger charge is 2.31. The standard InChI is InChI=1S/C13H15ClN2O2/c1-2-7-15-13(17)16-8-12(9-16)18-11-5-3-10(14)4-6-11/h2-6,12H,1,7-9H2,(H,15,17). The summed E-state index contributed by atoms with van der Waals surface area (Å²) in [6, 6.07) is 7.13. The fraction of sp³-hybridized carbons (Fsp3) is 0.308. The second kappa shape index (κ2) is 5.78. The van der Waals surface area contributed by atoms with Crippen molar-refractivity contribution in [3.05, 3.63) is 41.9 Å². The summed E-state index contributed by atoms with van der Waals surface area (Å²) in [5, 5.41) is 3.40. The molecule has 4 nitrogen and oxygen atoms in total. The monoisotopic (exact) mass is 266 g/mol. The molecule has 18 heavy (non-hydrogen) atoms. The summed E-state index contributed by atoms with van der Waals surface area (Å²) in [5.74, 6) is 0.774. The van der Waals surface area contributed by atoms with Crippen LogP contribution in [-0.2, 0) is 0 Å². The Morgan fingerprint density at radius 3 is 2.78 bits per heavy atom. The van der Waals surface area contributed by atoms with E-state index in [2.05, 4.69) is 11.9 Å². The van der Waals surface area contributed by atoms with Crippen LogP contribution in [0.15, 0.2) is 36.9 Å². The van der Waals surface area contributed by atoms with E-state index >= 15 is 0 Å². The largest absolute Gasteiger partial charge is 0.487 e. The lowest BCUT2D eigenvalue weighted by Crippen LogP contribution is -2.58. The van der Waals surface area contributed by atoms with Crippen molar-refractivity contribution in [1.29, 1.82) is 0 Å². The Morgan fingerprint density at radius 1 is 1.50 bits per heavy atom. The van der Waals surface area contributed by atoms with Gasteiger partial charge in [-0.1, -0.05) is 17.7 Å². The van der Waals surface area contributed by atoms with E-state index in [0.717, 1.165) is 5.75 Å². The van der Waals surface area contributed by atoms with Crippen molar-refractivity contribution >= 4 is 17.6 Å². The van der Waals surface area contributed by atoms with E-state index in [1.165, 1.54) is 0 Å². The van der Waals surface area contributed by atoms with Crippen LogP contribution in [0.1, 0.15) is 0 Å². The summed E-state index contributed by atoms with van der Waals surface area (Å²) in [4.78, 5) is 13.2. The van der Waals surface area contributed by atoms with E-state index < -0.39 is 0 Å². The minimum Gasteiger partial charge on any atom is -0.487 e. The Bertz CT molecular complexity index is 427. The smallest absolute Gasteiger partial charge is 0.317 e. The molecular formula is C13H15ClN2O2. The molecule has 2 rings (SSSR count). The number of rotatable bonds is 4. The molecule has 1 fully saturated rings. The van der Waals surface area contributed by atoms with Gasteiger partial charge in [-0.25, -0.2) is 4.79 Å². The summed E-state index contributed by atoms with van der Waals surface area (Å²) >= 11 is 5.78. The number of hydrogen-bond donors (Lipinski definition) is 1. The van der Waals surface area contributed by atoms with Crippen molar-refractivity contribution in [2.75, 3.05) is 19.6 Å². The average molecular weight is 267 g/mol. The number of carbonyl (C=O) groups excluding carboxylic acids is 1. The molecule has 1 aromatic carbocycles. The molecule has 0 saturated carbocycles. The molecule has 0 atom stereocenters. The number of hydrogen-bond acceptors (Lipinski definition) is 2. The van der Waals surface area contributed by atoms with Gasteiger partial charge in [0.25, 0.3) is 0 Å². The van der Waals surface area contributed by atoms with E-state index in [1.807, 2.05) is 12.1 Å². The maximum atomic E-state index is 11.5. The number of ether oxygens (including phenoxy) is 1. The van der Waals surface area contributed by atoms with Gasteiger partial charge in [-0.15, -0.1) is 6.58 Å². The number of urea groups is 1. The van der Waals surface area contributed by atoms with Gasteiger partial charge < -0.3 is 15.0 Å². The number of likely N-dealkylation sites (tertiary alicyclic amines) is 1. The third-order valence-electron chi connectivity index (χ3n) is 2.65. The van der Waals surface area contributed by atoms with Crippen LogP contribution in [0, 0.1) is 0 Å². The van der Waals surface area contributed by atoms with Gasteiger partial charge in [-0.05, 0) is 24.3 Å². The first-order valence-electron chi connectivity index (χ1n) is 5.75. The topological polar surface area (TPSA) is 41.6 Å². The fourth-order valence-corrected chi connectivity index (χ4v) is 1.78. The van der Waals surface area contributed by atoms with Gasteiger partial charge in [-0.2, -0.15) is 0 Å². The molecule has 1 aliphatic rings. The van der Waals surface area contributed by atoms with Gasteiger partial charge in [-0.3, -0.25) is 0 Å². The normalized spacial score (nSPS) is 14.8. The Hall–Kier alpha value is -1.68. The number of carbonyl (C=O) groups is 1. The van der Waals surface area contributed by atoms with E-state index in [-0.39, 0.29) is 12.1 Å². The molecule has 0 aliphatic carbocycles. The van der Waals surface area contributed by atoms with Crippen LogP contribution in [0.5, 0.6) is 5.75 Å². The van der Waals surface area contributed by atoms with Crippen LogP contribution in [0.4, 0.5) is 4.79 Å². The average Bonchev–Trinajstić information content (AvgIpc) is 2.32. The van der Waals surface area contributed by atoms with Crippen LogP contribution >= 0.6 is 11.6 Å². The van der Waals surface area contributed by atoms with Gasteiger partial charge in [0.2, 0.25) is 0 Å². The fourth-order valence-electron chi connectivity index (χ4n) is 1.66. The lowest BCUT2D eigenvalue weighted by Gasteiger charge is -2.38. The molecule has 0 unspecified atom stereocenters. The highest BCUT2D eigenvalue weighted by atomic mass is 35.5. The molecule has 1 aromatic rings. The maximum absolute atomic E-state index is 11.5. The number of nitrogens with one attached hydrogen (secondary N) is 1. The Labute approximate surface area is 111 Å². The lowest BCUT2D eigenvalue weighted by molar-refractivity contribution is 0.0448. The lowest BCUT2D eigenvalue weighted by atomic mass is 10.2. The first-order valence-corrected chi connectivity index (χ1v) is 6.12. The highest BCUT2D eigenvalue weighted by molar-refractivity contribution is 6.30. The number of nitrogens with zero attached hydrogens (tertiary/aromatic N) is 1. The Balaban J connectivity index is 1.74. The number of halogens is 1. The zero-order chi connectivity index (χ0) is 13.0. The van der Waals surface area contributed by atoms with Crippen molar-refractivity contribution in [2.45, 2.75) is 6.10 Å². The van der Waals surface area contributed by atoms with Crippen LogP contribution in [0.3, 0.4) is 0 Å².